The maximum Gasteiger partial charge on any atom is 0.379 e. The number of hydrogen-bond acceptors (Lipinski definition) is 3. The quantitative estimate of drug-likeness (QED) is 0.437. The van der Waals surface area contributed by atoms with Crippen LogP contribution in [0.25, 0.3) is 0 Å². The highest BCUT2D eigenvalue weighted by Crippen LogP contribution is 2.36. The molecule has 0 amide bonds. The minimum Gasteiger partial charge on any atom is -0.418 e. The molecule has 1 aliphatic heterocycles. The lowest BCUT2D eigenvalue weighted by atomic mass is 9.92. The van der Waals surface area contributed by atoms with Gasteiger partial charge < -0.3 is 9.47 Å². The number of halogens is 1. The van der Waals surface area contributed by atoms with E-state index in [1.807, 2.05) is 24.3 Å². The van der Waals surface area contributed by atoms with Crippen molar-refractivity contribution in [2.45, 2.75) is 52.7 Å². The van der Waals surface area contributed by atoms with Crippen LogP contribution in [0.3, 0.4) is 0 Å². The minimum absolute atomic E-state index is 0.344. The van der Waals surface area contributed by atoms with Crippen LogP contribution in [-0.4, -0.2) is 29.3 Å². The molecule has 3 rings (SSSR count). The summed E-state index contributed by atoms with van der Waals surface area (Å²) in [4.78, 5) is 11.5. The second kappa shape index (κ2) is 8.48. The van der Waals surface area contributed by atoms with Gasteiger partial charge in [-0.05, 0) is 36.1 Å². The summed E-state index contributed by atoms with van der Waals surface area (Å²) < 4.78 is 14.7. The Labute approximate surface area is 175 Å². The van der Waals surface area contributed by atoms with Crippen molar-refractivity contribution in [3.63, 3.8) is 0 Å². The Morgan fingerprint density at radius 3 is 2.14 bits per heavy atom. The maximum atomic E-state index is 11.5. The zero-order chi connectivity index (χ0) is 20.4. The van der Waals surface area contributed by atoms with E-state index in [2.05, 4.69) is 66.4 Å². The first-order valence-electron chi connectivity index (χ1n) is 9.65. The third-order valence-corrected chi connectivity index (χ3v) is 5.35. The van der Waals surface area contributed by atoms with Crippen molar-refractivity contribution in [3.8, 4) is 0 Å². The molecule has 0 bridgehead atoms. The van der Waals surface area contributed by atoms with Crippen LogP contribution in [0.5, 0.6) is 0 Å². The van der Waals surface area contributed by atoms with Gasteiger partial charge in [-0.2, -0.15) is 4.58 Å². The maximum absolute atomic E-state index is 11.5. The Morgan fingerprint density at radius 2 is 1.64 bits per heavy atom. The SMILES string of the molecule is CC(=O)OC1C[N+](c2c(C(C)C)cccc2C(C)C)=C(c2ccc(Br)cc2)O1. The fourth-order valence-electron chi connectivity index (χ4n) is 3.54. The largest absolute Gasteiger partial charge is 0.418 e. The molecule has 0 aliphatic carbocycles. The van der Waals surface area contributed by atoms with Crippen molar-refractivity contribution in [1.82, 2.24) is 0 Å². The van der Waals surface area contributed by atoms with Crippen molar-refractivity contribution in [2.24, 2.45) is 0 Å². The zero-order valence-electron chi connectivity index (χ0n) is 17.0. The molecule has 1 unspecified atom stereocenters. The van der Waals surface area contributed by atoms with Gasteiger partial charge >= 0.3 is 18.2 Å². The summed E-state index contributed by atoms with van der Waals surface area (Å²) in [6.45, 7) is 10.7. The number of nitrogens with zero attached hydrogens (tertiary/aromatic N) is 1. The number of carbonyl (C=O) groups is 1. The van der Waals surface area contributed by atoms with E-state index in [1.54, 1.807) is 0 Å². The highest BCUT2D eigenvalue weighted by atomic mass is 79.9. The summed E-state index contributed by atoms with van der Waals surface area (Å²) >= 11 is 3.49. The van der Waals surface area contributed by atoms with Crippen LogP contribution in [0.2, 0.25) is 0 Å². The van der Waals surface area contributed by atoms with Gasteiger partial charge in [-0.1, -0.05) is 61.8 Å². The predicted octanol–water partition coefficient (Wildman–Crippen LogP) is 5.71. The molecular formula is C23H27BrNO3+. The smallest absolute Gasteiger partial charge is 0.379 e. The van der Waals surface area contributed by atoms with Crippen molar-refractivity contribution >= 4 is 33.5 Å². The molecular weight excluding hydrogens is 418 g/mol. The first-order valence-corrected chi connectivity index (χ1v) is 10.4. The lowest BCUT2D eigenvalue weighted by molar-refractivity contribution is -0.440. The molecule has 1 aliphatic rings. The van der Waals surface area contributed by atoms with Gasteiger partial charge in [0.05, 0.1) is 5.56 Å². The average Bonchev–Trinajstić information content (AvgIpc) is 3.04. The molecule has 4 nitrogen and oxygen atoms in total. The molecule has 28 heavy (non-hydrogen) atoms. The number of hydrogen-bond donors (Lipinski definition) is 0. The number of carbonyl (C=O) groups excluding carboxylic acids is 1. The van der Waals surface area contributed by atoms with Crippen LogP contribution in [0, 0.1) is 0 Å². The molecule has 1 heterocycles. The van der Waals surface area contributed by atoms with E-state index >= 15 is 0 Å². The molecule has 0 aromatic heterocycles. The van der Waals surface area contributed by atoms with Gasteiger partial charge in [-0.15, -0.1) is 0 Å². The van der Waals surface area contributed by atoms with E-state index in [9.17, 15) is 4.79 Å². The number of benzene rings is 2. The molecule has 0 spiro atoms. The van der Waals surface area contributed by atoms with Gasteiger partial charge in [0.1, 0.15) is 0 Å². The zero-order valence-corrected chi connectivity index (χ0v) is 18.6. The first-order chi connectivity index (χ1) is 13.3. The number of esters is 1. The van der Waals surface area contributed by atoms with E-state index in [0.29, 0.717) is 24.3 Å². The first kappa shape index (κ1) is 20.6. The van der Waals surface area contributed by atoms with Gasteiger partial charge in [0.15, 0.2) is 0 Å². The van der Waals surface area contributed by atoms with E-state index in [4.69, 9.17) is 9.47 Å². The topological polar surface area (TPSA) is 38.5 Å². The molecule has 0 N–H and O–H groups in total. The molecule has 0 saturated heterocycles. The van der Waals surface area contributed by atoms with Crippen LogP contribution >= 0.6 is 15.9 Å². The van der Waals surface area contributed by atoms with Gasteiger partial charge in [-0.25, -0.2) is 0 Å². The van der Waals surface area contributed by atoms with Gasteiger partial charge in [0.2, 0.25) is 12.2 Å². The molecule has 0 saturated carbocycles. The third kappa shape index (κ3) is 4.30. The highest BCUT2D eigenvalue weighted by Gasteiger charge is 2.40. The molecule has 0 fully saturated rings. The summed E-state index contributed by atoms with van der Waals surface area (Å²) in [5, 5.41) is 0. The Kier molecular flexibility index (Phi) is 6.23. The highest BCUT2D eigenvalue weighted by molar-refractivity contribution is 9.10. The van der Waals surface area contributed by atoms with E-state index < -0.39 is 6.29 Å². The molecule has 1 atom stereocenters. The van der Waals surface area contributed by atoms with Crippen molar-refractivity contribution in [2.75, 3.05) is 6.54 Å². The number of rotatable bonds is 5. The lowest BCUT2D eigenvalue weighted by Crippen LogP contribution is -2.22. The number of ether oxygens (including phenoxy) is 2. The second-order valence-corrected chi connectivity index (χ2v) is 8.59. The van der Waals surface area contributed by atoms with Gasteiger partial charge in [-0.3, -0.25) is 4.79 Å². The Morgan fingerprint density at radius 1 is 1.07 bits per heavy atom. The lowest BCUT2D eigenvalue weighted by Gasteiger charge is -2.15. The predicted molar refractivity (Wildman–Crippen MR) is 114 cm³/mol. The van der Waals surface area contributed by atoms with Gasteiger partial charge in [0.25, 0.3) is 0 Å². The van der Waals surface area contributed by atoms with E-state index in [-0.39, 0.29) is 5.97 Å². The van der Waals surface area contributed by atoms with Crippen molar-refractivity contribution in [3.05, 3.63) is 63.6 Å². The summed E-state index contributed by atoms with van der Waals surface area (Å²) in [5.41, 5.74) is 4.62. The molecule has 2 aromatic carbocycles. The normalized spacial score (nSPS) is 16.6. The second-order valence-electron chi connectivity index (χ2n) is 7.67. The summed E-state index contributed by atoms with van der Waals surface area (Å²) in [5.74, 6) is 1.08. The Balaban J connectivity index is 2.21. The molecule has 5 heteroatoms. The average molecular weight is 445 g/mol. The standard InChI is InChI=1S/C23H27BrNO3/c1-14(2)19-7-6-8-20(15(3)4)22(19)25-13-21(27-16(5)26)28-23(25)17-9-11-18(24)12-10-17/h6-12,14-15,21H,13H2,1-5H3/q+1. The van der Waals surface area contributed by atoms with Crippen LogP contribution in [0.1, 0.15) is 63.1 Å². The summed E-state index contributed by atoms with van der Waals surface area (Å²) in [6.07, 6.45) is -0.628. The van der Waals surface area contributed by atoms with Crippen LogP contribution < -0.4 is 0 Å². The van der Waals surface area contributed by atoms with E-state index in [0.717, 1.165) is 15.7 Å². The van der Waals surface area contributed by atoms with Crippen LogP contribution in [-0.2, 0) is 14.3 Å². The third-order valence-electron chi connectivity index (χ3n) is 4.82. The Bertz CT molecular complexity index is 874. The molecule has 148 valence electrons. The Hall–Kier alpha value is -2.14. The van der Waals surface area contributed by atoms with Crippen molar-refractivity contribution < 1.29 is 18.8 Å². The van der Waals surface area contributed by atoms with E-state index in [1.165, 1.54) is 18.1 Å². The molecule has 2 aromatic rings. The fourth-order valence-corrected chi connectivity index (χ4v) is 3.80. The van der Waals surface area contributed by atoms with Crippen LogP contribution in [0.4, 0.5) is 5.69 Å². The van der Waals surface area contributed by atoms with Crippen molar-refractivity contribution in [1.29, 1.82) is 0 Å². The fraction of sp³-hybridized carbons (Fsp3) is 0.391. The van der Waals surface area contributed by atoms with Gasteiger partial charge in [0, 0.05) is 22.5 Å². The molecule has 0 radical (unpaired) electrons. The minimum atomic E-state index is -0.628. The number of para-hydroxylation sites is 1. The summed E-state index contributed by atoms with van der Waals surface area (Å²) in [7, 11) is 0. The van der Waals surface area contributed by atoms with Crippen LogP contribution in [0.15, 0.2) is 46.9 Å². The monoisotopic (exact) mass is 444 g/mol. The summed E-state index contributed by atoms with van der Waals surface area (Å²) in [6, 6.07) is 14.5.